The second kappa shape index (κ2) is 8.30. The fourth-order valence-electron chi connectivity index (χ4n) is 2.61. The van der Waals surface area contributed by atoms with Gasteiger partial charge in [-0.15, -0.1) is 10.2 Å². The lowest BCUT2D eigenvalue weighted by atomic mass is 10.2. The zero-order valence-corrected chi connectivity index (χ0v) is 16.9. The van der Waals surface area contributed by atoms with Gasteiger partial charge in [-0.25, -0.2) is 0 Å². The zero-order chi connectivity index (χ0) is 20.3. The molecule has 2 amide bonds. The summed E-state index contributed by atoms with van der Waals surface area (Å²) in [7, 11) is 5.22. The van der Waals surface area contributed by atoms with Crippen LogP contribution in [0.3, 0.4) is 0 Å². The van der Waals surface area contributed by atoms with E-state index < -0.39 is 0 Å². The number of aryl methyl sites for hydroxylation is 1. The minimum absolute atomic E-state index is 0.119. The summed E-state index contributed by atoms with van der Waals surface area (Å²) in [5, 5.41) is 11.8. The van der Waals surface area contributed by atoms with E-state index in [2.05, 4.69) is 15.5 Å². The van der Waals surface area contributed by atoms with E-state index in [1.165, 1.54) is 16.7 Å². The van der Waals surface area contributed by atoms with Crippen LogP contribution >= 0.6 is 11.8 Å². The van der Waals surface area contributed by atoms with Crippen molar-refractivity contribution in [1.82, 2.24) is 19.7 Å². The fourth-order valence-corrected chi connectivity index (χ4v) is 3.32. The van der Waals surface area contributed by atoms with Crippen LogP contribution in [-0.4, -0.2) is 51.3 Å². The number of carbonyl (C=O) groups excluding carboxylic acids is 2. The normalized spacial score (nSPS) is 10.7. The standard InChI is InChI=1S/C19H21N5O3S/c1-12-15(8-9-27-12)17-21-22-19(24(17)4)28-11-16(25)20-14-7-5-6-13(10-14)18(26)23(2)3/h5-10H,11H2,1-4H3,(H,20,25). The molecule has 28 heavy (non-hydrogen) atoms. The molecule has 1 aromatic carbocycles. The second-order valence-electron chi connectivity index (χ2n) is 6.37. The topological polar surface area (TPSA) is 93.3 Å². The number of rotatable bonds is 6. The number of nitrogens with zero attached hydrogens (tertiary/aromatic N) is 4. The predicted molar refractivity (Wildman–Crippen MR) is 107 cm³/mol. The average Bonchev–Trinajstić information content (AvgIpc) is 3.24. The molecule has 0 fully saturated rings. The maximum atomic E-state index is 12.3. The smallest absolute Gasteiger partial charge is 0.253 e. The van der Waals surface area contributed by atoms with Crippen LogP contribution in [0.4, 0.5) is 5.69 Å². The first kappa shape index (κ1) is 19.7. The first-order chi connectivity index (χ1) is 13.4. The lowest BCUT2D eigenvalue weighted by Gasteiger charge is -2.11. The van der Waals surface area contributed by atoms with Crippen molar-refractivity contribution in [3.8, 4) is 11.4 Å². The van der Waals surface area contributed by atoms with E-state index in [0.29, 0.717) is 22.2 Å². The molecule has 2 aromatic heterocycles. The van der Waals surface area contributed by atoms with Crippen LogP contribution in [0.25, 0.3) is 11.4 Å². The quantitative estimate of drug-likeness (QED) is 0.641. The predicted octanol–water partition coefficient (Wildman–Crippen LogP) is 2.82. The van der Waals surface area contributed by atoms with E-state index in [1.807, 2.05) is 24.6 Å². The second-order valence-corrected chi connectivity index (χ2v) is 7.32. The number of thioether (sulfide) groups is 1. The molecule has 3 rings (SSSR count). The highest BCUT2D eigenvalue weighted by atomic mass is 32.2. The molecule has 0 saturated carbocycles. The molecule has 8 nitrogen and oxygen atoms in total. The number of amides is 2. The maximum absolute atomic E-state index is 12.3. The van der Waals surface area contributed by atoms with E-state index in [9.17, 15) is 9.59 Å². The van der Waals surface area contributed by atoms with E-state index >= 15 is 0 Å². The van der Waals surface area contributed by atoms with Gasteiger partial charge < -0.3 is 19.2 Å². The van der Waals surface area contributed by atoms with Gasteiger partial charge in [0.1, 0.15) is 5.76 Å². The number of benzene rings is 1. The third-order valence-electron chi connectivity index (χ3n) is 4.07. The molecular weight excluding hydrogens is 378 g/mol. The van der Waals surface area contributed by atoms with Crippen molar-refractivity contribution in [2.24, 2.45) is 7.05 Å². The Labute approximate surface area is 166 Å². The number of hydrogen-bond donors (Lipinski definition) is 1. The molecule has 0 saturated heterocycles. The Bertz CT molecular complexity index is 1010. The Kier molecular flexibility index (Phi) is 5.84. The molecule has 3 aromatic rings. The Balaban J connectivity index is 1.63. The Morgan fingerprint density at radius 1 is 1.25 bits per heavy atom. The van der Waals surface area contributed by atoms with Crippen LogP contribution in [0.15, 0.2) is 46.2 Å². The molecule has 1 N–H and O–H groups in total. The summed E-state index contributed by atoms with van der Waals surface area (Å²) in [4.78, 5) is 25.8. The molecule has 9 heteroatoms. The third kappa shape index (κ3) is 4.25. The fraction of sp³-hybridized carbons (Fsp3) is 0.263. The molecular formula is C19H21N5O3S. The number of hydrogen-bond acceptors (Lipinski definition) is 6. The lowest BCUT2D eigenvalue weighted by molar-refractivity contribution is -0.113. The van der Waals surface area contributed by atoms with Crippen LogP contribution in [0.5, 0.6) is 0 Å². The summed E-state index contributed by atoms with van der Waals surface area (Å²) in [5.41, 5.74) is 1.96. The Morgan fingerprint density at radius 2 is 2.04 bits per heavy atom. The largest absolute Gasteiger partial charge is 0.469 e. The number of nitrogens with one attached hydrogen (secondary N) is 1. The minimum Gasteiger partial charge on any atom is -0.469 e. The Morgan fingerprint density at radius 3 is 2.71 bits per heavy atom. The molecule has 0 unspecified atom stereocenters. The summed E-state index contributed by atoms with van der Waals surface area (Å²) < 4.78 is 7.14. The van der Waals surface area contributed by atoms with Crippen molar-refractivity contribution in [3.05, 3.63) is 47.9 Å². The molecule has 0 spiro atoms. The average molecular weight is 399 g/mol. The van der Waals surface area contributed by atoms with Gasteiger partial charge in [-0.2, -0.15) is 0 Å². The third-order valence-corrected chi connectivity index (χ3v) is 5.09. The van der Waals surface area contributed by atoms with Crippen molar-refractivity contribution in [2.45, 2.75) is 12.1 Å². The first-order valence-electron chi connectivity index (χ1n) is 8.55. The van der Waals surface area contributed by atoms with Crippen LogP contribution < -0.4 is 5.32 Å². The van der Waals surface area contributed by atoms with Crippen LogP contribution in [0.2, 0.25) is 0 Å². The zero-order valence-electron chi connectivity index (χ0n) is 16.1. The van der Waals surface area contributed by atoms with Crippen molar-refractivity contribution in [3.63, 3.8) is 0 Å². The minimum atomic E-state index is -0.191. The van der Waals surface area contributed by atoms with Gasteiger partial charge in [0.05, 0.1) is 17.6 Å². The Hall–Kier alpha value is -3.07. The number of furan rings is 1. The van der Waals surface area contributed by atoms with Gasteiger partial charge >= 0.3 is 0 Å². The van der Waals surface area contributed by atoms with Crippen LogP contribution in [0.1, 0.15) is 16.1 Å². The van der Waals surface area contributed by atoms with Crippen LogP contribution in [-0.2, 0) is 11.8 Å². The SMILES string of the molecule is Cc1occc1-c1nnc(SCC(=O)Nc2cccc(C(=O)N(C)C)c2)n1C. The van der Waals surface area contributed by atoms with Crippen molar-refractivity contribution in [1.29, 1.82) is 0 Å². The van der Waals surface area contributed by atoms with Gasteiger partial charge in [0.15, 0.2) is 11.0 Å². The molecule has 0 aliphatic heterocycles. The van der Waals surface area contributed by atoms with Crippen molar-refractivity contribution < 1.29 is 14.0 Å². The number of carbonyl (C=O) groups is 2. The molecule has 0 radical (unpaired) electrons. The van der Waals surface area contributed by atoms with Gasteiger partial charge in [0.2, 0.25) is 5.91 Å². The number of aromatic nitrogens is 3. The highest BCUT2D eigenvalue weighted by Crippen LogP contribution is 2.25. The molecule has 146 valence electrons. The molecule has 0 aliphatic carbocycles. The van der Waals surface area contributed by atoms with Crippen molar-refractivity contribution in [2.75, 3.05) is 25.2 Å². The van der Waals surface area contributed by atoms with Gasteiger partial charge in [-0.3, -0.25) is 9.59 Å². The van der Waals surface area contributed by atoms with Gasteiger partial charge in [0.25, 0.3) is 5.91 Å². The summed E-state index contributed by atoms with van der Waals surface area (Å²) in [5.74, 6) is 1.30. The van der Waals surface area contributed by atoms with Gasteiger partial charge in [0, 0.05) is 32.4 Å². The monoisotopic (exact) mass is 399 g/mol. The first-order valence-corrected chi connectivity index (χ1v) is 9.53. The van der Waals surface area contributed by atoms with Crippen molar-refractivity contribution >= 4 is 29.3 Å². The summed E-state index contributed by atoms with van der Waals surface area (Å²) in [6, 6.07) is 8.69. The highest BCUT2D eigenvalue weighted by molar-refractivity contribution is 7.99. The highest BCUT2D eigenvalue weighted by Gasteiger charge is 2.16. The number of anilines is 1. The van der Waals surface area contributed by atoms with Gasteiger partial charge in [-0.05, 0) is 31.2 Å². The lowest BCUT2D eigenvalue weighted by Crippen LogP contribution is -2.22. The maximum Gasteiger partial charge on any atom is 0.253 e. The van der Waals surface area contributed by atoms with E-state index in [-0.39, 0.29) is 17.6 Å². The summed E-state index contributed by atoms with van der Waals surface area (Å²) in [6.45, 7) is 1.86. The van der Waals surface area contributed by atoms with Gasteiger partial charge in [-0.1, -0.05) is 17.8 Å². The molecule has 0 aliphatic rings. The van der Waals surface area contributed by atoms with E-state index in [1.54, 1.807) is 44.6 Å². The molecule has 0 bridgehead atoms. The van der Waals surface area contributed by atoms with Crippen LogP contribution in [0, 0.1) is 6.92 Å². The molecule has 2 heterocycles. The summed E-state index contributed by atoms with van der Waals surface area (Å²) >= 11 is 1.29. The summed E-state index contributed by atoms with van der Waals surface area (Å²) in [6.07, 6.45) is 1.61. The van der Waals surface area contributed by atoms with E-state index in [4.69, 9.17) is 4.42 Å². The molecule has 0 atom stereocenters. The van der Waals surface area contributed by atoms with E-state index in [0.717, 1.165) is 11.3 Å².